The molecule has 0 radical (unpaired) electrons. The SMILES string of the molecule is C=C=C1C(=S)C(C(C)(C)C)=C1S. The van der Waals surface area contributed by atoms with Crippen LogP contribution in [0.2, 0.25) is 0 Å². The van der Waals surface area contributed by atoms with Gasteiger partial charge in [0.15, 0.2) is 0 Å². The van der Waals surface area contributed by atoms with Crippen molar-refractivity contribution < 1.29 is 0 Å². The van der Waals surface area contributed by atoms with Crippen LogP contribution in [0.3, 0.4) is 0 Å². The van der Waals surface area contributed by atoms with Gasteiger partial charge in [-0.1, -0.05) is 39.6 Å². The summed E-state index contributed by atoms with van der Waals surface area (Å²) in [5, 5.41) is 0. The Morgan fingerprint density at radius 3 is 2.17 bits per heavy atom. The second-order valence-electron chi connectivity index (χ2n) is 3.85. The minimum absolute atomic E-state index is 0.0918. The summed E-state index contributed by atoms with van der Waals surface area (Å²) in [7, 11) is 0. The molecule has 0 spiro atoms. The van der Waals surface area contributed by atoms with Crippen molar-refractivity contribution in [3.05, 3.63) is 28.4 Å². The van der Waals surface area contributed by atoms with Crippen LogP contribution < -0.4 is 0 Å². The highest BCUT2D eigenvalue weighted by atomic mass is 32.1. The molecular formula is C10H12S2. The fourth-order valence-electron chi connectivity index (χ4n) is 1.26. The highest BCUT2D eigenvalue weighted by Gasteiger charge is 2.34. The lowest BCUT2D eigenvalue weighted by molar-refractivity contribution is 0.521. The first-order valence-corrected chi connectivity index (χ1v) is 4.64. The zero-order chi connectivity index (χ0) is 9.52. The molecule has 0 aliphatic heterocycles. The first kappa shape index (κ1) is 9.79. The lowest BCUT2D eigenvalue weighted by Gasteiger charge is -2.33. The molecule has 0 aromatic heterocycles. The maximum absolute atomic E-state index is 5.20. The Morgan fingerprint density at radius 1 is 1.42 bits per heavy atom. The summed E-state index contributed by atoms with van der Waals surface area (Å²) in [4.78, 5) is 1.84. The number of thiocarbonyl (C=S) groups is 1. The van der Waals surface area contributed by atoms with Crippen LogP contribution in [-0.2, 0) is 0 Å². The summed E-state index contributed by atoms with van der Waals surface area (Å²) in [6.07, 6.45) is 0. The number of allylic oxidation sites excluding steroid dienone is 2. The molecule has 0 unspecified atom stereocenters. The highest BCUT2D eigenvalue weighted by Crippen LogP contribution is 2.43. The normalized spacial score (nSPS) is 17.7. The van der Waals surface area contributed by atoms with Crippen molar-refractivity contribution in [3.8, 4) is 0 Å². The van der Waals surface area contributed by atoms with E-state index in [2.05, 4.69) is 45.7 Å². The molecule has 0 N–H and O–H groups in total. The van der Waals surface area contributed by atoms with Crippen molar-refractivity contribution in [1.29, 1.82) is 0 Å². The molecule has 0 heterocycles. The lowest BCUT2D eigenvalue weighted by atomic mass is 9.75. The van der Waals surface area contributed by atoms with Gasteiger partial charge in [-0.15, -0.1) is 18.4 Å². The summed E-state index contributed by atoms with van der Waals surface area (Å²) in [5.41, 5.74) is 4.95. The predicted molar refractivity (Wildman–Crippen MR) is 60.7 cm³/mol. The van der Waals surface area contributed by atoms with Crippen molar-refractivity contribution in [2.24, 2.45) is 5.41 Å². The van der Waals surface area contributed by atoms with Gasteiger partial charge >= 0.3 is 0 Å². The van der Waals surface area contributed by atoms with E-state index >= 15 is 0 Å². The summed E-state index contributed by atoms with van der Waals surface area (Å²) >= 11 is 9.56. The maximum atomic E-state index is 5.20. The van der Waals surface area contributed by atoms with Crippen LogP contribution in [0.1, 0.15) is 20.8 Å². The smallest absolute Gasteiger partial charge is 0.0587 e. The van der Waals surface area contributed by atoms with E-state index in [0.29, 0.717) is 0 Å². The molecule has 0 fully saturated rings. The molecule has 1 rings (SSSR count). The zero-order valence-corrected chi connectivity index (χ0v) is 9.27. The largest absolute Gasteiger partial charge is 0.142 e. The molecule has 12 heavy (non-hydrogen) atoms. The molecule has 0 bridgehead atoms. The molecule has 0 amide bonds. The average molecular weight is 196 g/mol. The molecule has 0 aromatic rings. The second-order valence-corrected chi connectivity index (χ2v) is 4.71. The minimum atomic E-state index is 0.0918. The molecule has 0 aromatic carbocycles. The molecular weight excluding hydrogens is 184 g/mol. The Labute approximate surface area is 84.5 Å². The number of thiol groups is 1. The Hall–Kier alpha value is -0.300. The van der Waals surface area contributed by atoms with Gasteiger partial charge in [0.05, 0.1) is 4.86 Å². The topological polar surface area (TPSA) is 0 Å². The van der Waals surface area contributed by atoms with E-state index in [1.807, 2.05) is 0 Å². The first-order valence-electron chi connectivity index (χ1n) is 3.78. The van der Waals surface area contributed by atoms with Gasteiger partial charge in [0, 0.05) is 10.5 Å². The molecule has 0 atom stereocenters. The van der Waals surface area contributed by atoms with E-state index in [1.165, 1.54) is 0 Å². The van der Waals surface area contributed by atoms with Gasteiger partial charge in [0.25, 0.3) is 0 Å². The molecule has 2 heteroatoms. The standard InChI is InChI=1S/C10H12S2/c1-5-6-8(11)7(9(6)12)10(2,3)4/h11H,1H2,2-4H3. The van der Waals surface area contributed by atoms with Crippen LogP contribution in [0.4, 0.5) is 0 Å². The second kappa shape index (κ2) is 2.88. The van der Waals surface area contributed by atoms with Crippen LogP contribution in [0.5, 0.6) is 0 Å². The van der Waals surface area contributed by atoms with Gasteiger partial charge in [0.2, 0.25) is 0 Å². The Balaban J connectivity index is 3.22. The minimum Gasteiger partial charge on any atom is -0.142 e. The van der Waals surface area contributed by atoms with Crippen LogP contribution in [0, 0.1) is 5.41 Å². The van der Waals surface area contributed by atoms with Crippen molar-refractivity contribution in [2.45, 2.75) is 20.8 Å². The highest BCUT2D eigenvalue weighted by molar-refractivity contribution is 7.86. The van der Waals surface area contributed by atoms with E-state index in [-0.39, 0.29) is 5.41 Å². The van der Waals surface area contributed by atoms with Gasteiger partial charge in [0.1, 0.15) is 0 Å². The fraction of sp³-hybridized carbons (Fsp3) is 0.400. The van der Waals surface area contributed by atoms with E-state index in [4.69, 9.17) is 12.2 Å². The molecule has 64 valence electrons. The average Bonchev–Trinajstić information content (AvgIpc) is 1.85. The van der Waals surface area contributed by atoms with E-state index < -0.39 is 0 Å². The van der Waals surface area contributed by atoms with Gasteiger partial charge in [-0.2, -0.15) is 0 Å². The van der Waals surface area contributed by atoms with E-state index in [9.17, 15) is 0 Å². The van der Waals surface area contributed by atoms with Crippen LogP contribution in [0.15, 0.2) is 28.4 Å². The van der Waals surface area contributed by atoms with Crippen LogP contribution in [0.25, 0.3) is 0 Å². The molecule has 1 aliphatic carbocycles. The molecule has 1 aliphatic rings. The summed E-state index contributed by atoms with van der Waals surface area (Å²) in [6.45, 7) is 9.96. The number of hydrogen-bond donors (Lipinski definition) is 1. The number of rotatable bonds is 0. The summed E-state index contributed by atoms with van der Waals surface area (Å²) < 4.78 is 0. The summed E-state index contributed by atoms with van der Waals surface area (Å²) in [5.74, 6) is 0. The maximum Gasteiger partial charge on any atom is 0.0587 e. The number of hydrogen-bond acceptors (Lipinski definition) is 2. The first-order chi connectivity index (χ1) is 5.39. The summed E-state index contributed by atoms with van der Waals surface area (Å²) in [6, 6.07) is 0. The van der Waals surface area contributed by atoms with Crippen molar-refractivity contribution in [1.82, 2.24) is 0 Å². The quantitative estimate of drug-likeness (QED) is 0.268. The van der Waals surface area contributed by atoms with E-state index in [1.54, 1.807) is 0 Å². The molecule has 0 saturated heterocycles. The predicted octanol–water partition coefficient (Wildman–Crippen LogP) is 3.31. The Bertz CT molecular complexity index is 320. The Kier molecular flexibility index (Phi) is 2.35. The monoisotopic (exact) mass is 196 g/mol. The lowest BCUT2D eigenvalue weighted by Crippen LogP contribution is -2.27. The third-order valence-corrected chi connectivity index (χ3v) is 2.71. The molecule has 0 nitrogen and oxygen atoms in total. The van der Waals surface area contributed by atoms with Crippen molar-refractivity contribution in [2.75, 3.05) is 0 Å². The van der Waals surface area contributed by atoms with Crippen LogP contribution in [-0.4, -0.2) is 4.86 Å². The molecule has 0 saturated carbocycles. The Morgan fingerprint density at radius 2 is 1.92 bits per heavy atom. The third kappa shape index (κ3) is 1.31. The van der Waals surface area contributed by atoms with Gasteiger partial charge < -0.3 is 0 Å². The zero-order valence-electron chi connectivity index (χ0n) is 7.56. The third-order valence-electron chi connectivity index (χ3n) is 1.85. The fourth-order valence-corrected chi connectivity index (χ4v) is 2.63. The van der Waals surface area contributed by atoms with Gasteiger partial charge in [-0.25, -0.2) is 0 Å². The van der Waals surface area contributed by atoms with Gasteiger partial charge in [-0.05, 0) is 11.0 Å². The van der Waals surface area contributed by atoms with Crippen molar-refractivity contribution >= 4 is 29.7 Å². The van der Waals surface area contributed by atoms with Gasteiger partial charge in [-0.3, -0.25) is 0 Å². The van der Waals surface area contributed by atoms with E-state index in [0.717, 1.165) is 20.9 Å². The van der Waals surface area contributed by atoms with Crippen molar-refractivity contribution in [3.63, 3.8) is 0 Å². The van der Waals surface area contributed by atoms with Crippen LogP contribution >= 0.6 is 24.8 Å².